The van der Waals surface area contributed by atoms with Gasteiger partial charge in [-0.05, 0) is 56.2 Å². The van der Waals surface area contributed by atoms with E-state index in [1.54, 1.807) is 6.33 Å². The molecule has 1 fully saturated rings. The molecular formula is C18H23N5S. The van der Waals surface area contributed by atoms with Crippen LogP contribution in [0.2, 0.25) is 0 Å². The van der Waals surface area contributed by atoms with Crippen molar-refractivity contribution < 1.29 is 0 Å². The molecule has 126 valence electrons. The maximum absolute atomic E-state index is 5.41. The second kappa shape index (κ2) is 8.06. The molecule has 0 aliphatic heterocycles. The zero-order valence-corrected chi connectivity index (χ0v) is 14.7. The van der Waals surface area contributed by atoms with E-state index in [2.05, 4.69) is 25.9 Å². The smallest absolute Gasteiger partial charge is 0.170 e. The number of hydrogen-bond donors (Lipinski definition) is 3. The summed E-state index contributed by atoms with van der Waals surface area (Å²) in [6.45, 7) is 1.94. The molecule has 1 saturated carbocycles. The zero-order chi connectivity index (χ0) is 16.8. The Balaban J connectivity index is 1.53. The third-order valence-electron chi connectivity index (χ3n) is 4.16. The van der Waals surface area contributed by atoms with Crippen LogP contribution in [0.15, 0.2) is 36.7 Å². The summed E-state index contributed by atoms with van der Waals surface area (Å²) in [5.41, 5.74) is 2.89. The first-order valence-corrected chi connectivity index (χ1v) is 8.83. The fraction of sp³-hybridized carbons (Fsp3) is 0.389. The predicted octanol–water partition coefficient (Wildman–Crippen LogP) is 4.15. The number of rotatable bonds is 4. The van der Waals surface area contributed by atoms with E-state index in [0.717, 1.165) is 22.9 Å². The number of hydrogen-bond acceptors (Lipinski definition) is 4. The molecule has 1 aliphatic rings. The van der Waals surface area contributed by atoms with Crippen LogP contribution in [0.3, 0.4) is 0 Å². The molecule has 3 rings (SSSR count). The van der Waals surface area contributed by atoms with Crippen molar-refractivity contribution in [3.8, 4) is 0 Å². The molecule has 0 bridgehead atoms. The van der Waals surface area contributed by atoms with Gasteiger partial charge in [0.2, 0.25) is 0 Å². The van der Waals surface area contributed by atoms with Gasteiger partial charge < -0.3 is 16.0 Å². The Hall–Kier alpha value is -2.21. The molecule has 0 radical (unpaired) electrons. The fourth-order valence-corrected chi connectivity index (χ4v) is 3.19. The number of anilines is 3. The normalized spacial score (nSPS) is 14.9. The van der Waals surface area contributed by atoms with Gasteiger partial charge in [0.25, 0.3) is 0 Å². The molecule has 24 heavy (non-hydrogen) atoms. The van der Waals surface area contributed by atoms with Gasteiger partial charge in [-0.3, -0.25) is 0 Å². The van der Waals surface area contributed by atoms with Crippen LogP contribution in [0, 0.1) is 6.92 Å². The Bertz CT molecular complexity index is 680. The van der Waals surface area contributed by atoms with E-state index in [1.807, 2.05) is 37.3 Å². The lowest BCUT2D eigenvalue weighted by atomic mass is 9.96. The van der Waals surface area contributed by atoms with Crippen molar-refractivity contribution in [1.82, 2.24) is 15.3 Å². The minimum atomic E-state index is 0.515. The van der Waals surface area contributed by atoms with Crippen molar-refractivity contribution in [2.45, 2.75) is 45.1 Å². The SMILES string of the molecule is Cc1cc(Nc2ccc(NC(=S)NC3CCCCC3)cc2)ncn1. The van der Waals surface area contributed by atoms with E-state index < -0.39 is 0 Å². The Kier molecular flexibility index (Phi) is 5.59. The summed E-state index contributed by atoms with van der Waals surface area (Å²) in [5.74, 6) is 0.790. The summed E-state index contributed by atoms with van der Waals surface area (Å²) in [5, 5.41) is 10.6. The first kappa shape index (κ1) is 16.6. The van der Waals surface area contributed by atoms with E-state index in [0.29, 0.717) is 11.2 Å². The molecular weight excluding hydrogens is 318 g/mol. The first-order chi connectivity index (χ1) is 11.7. The summed E-state index contributed by atoms with van der Waals surface area (Å²) in [7, 11) is 0. The number of aryl methyl sites for hydroxylation is 1. The molecule has 1 aromatic carbocycles. The van der Waals surface area contributed by atoms with Crippen molar-refractivity contribution in [2.75, 3.05) is 10.6 Å². The number of thiocarbonyl (C=S) groups is 1. The Morgan fingerprint density at radius 3 is 2.46 bits per heavy atom. The molecule has 0 saturated heterocycles. The Morgan fingerprint density at radius 2 is 1.75 bits per heavy atom. The lowest BCUT2D eigenvalue weighted by molar-refractivity contribution is 0.415. The van der Waals surface area contributed by atoms with Crippen LogP contribution in [0.1, 0.15) is 37.8 Å². The van der Waals surface area contributed by atoms with E-state index in [4.69, 9.17) is 12.2 Å². The monoisotopic (exact) mass is 341 g/mol. The topological polar surface area (TPSA) is 61.9 Å². The molecule has 2 aromatic rings. The lowest BCUT2D eigenvalue weighted by Gasteiger charge is -2.24. The summed E-state index contributed by atoms with van der Waals surface area (Å²) < 4.78 is 0. The molecule has 0 spiro atoms. The third kappa shape index (κ3) is 4.89. The maximum atomic E-state index is 5.41. The maximum Gasteiger partial charge on any atom is 0.170 e. The highest BCUT2D eigenvalue weighted by molar-refractivity contribution is 7.80. The second-order valence-electron chi connectivity index (χ2n) is 6.18. The first-order valence-electron chi connectivity index (χ1n) is 8.42. The van der Waals surface area contributed by atoms with Gasteiger partial charge in [-0.1, -0.05) is 19.3 Å². The van der Waals surface area contributed by atoms with Crippen LogP contribution in [0.5, 0.6) is 0 Å². The van der Waals surface area contributed by atoms with Crippen molar-refractivity contribution in [3.63, 3.8) is 0 Å². The highest BCUT2D eigenvalue weighted by Crippen LogP contribution is 2.19. The zero-order valence-electron chi connectivity index (χ0n) is 13.9. The quantitative estimate of drug-likeness (QED) is 0.726. The molecule has 1 heterocycles. The van der Waals surface area contributed by atoms with Gasteiger partial charge >= 0.3 is 0 Å². The Morgan fingerprint density at radius 1 is 1.04 bits per heavy atom. The minimum absolute atomic E-state index is 0.515. The van der Waals surface area contributed by atoms with Crippen LogP contribution < -0.4 is 16.0 Å². The van der Waals surface area contributed by atoms with E-state index >= 15 is 0 Å². The molecule has 0 amide bonds. The molecule has 5 nitrogen and oxygen atoms in total. The van der Waals surface area contributed by atoms with Gasteiger partial charge in [0.1, 0.15) is 12.1 Å². The van der Waals surface area contributed by atoms with Crippen LogP contribution in [-0.2, 0) is 0 Å². The van der Waals surface area contributed by atoms with Crippen LogP contribution in [-0.4, -0.2) is 21.1 Å². The van der Waals surface area contributed by atoms with E-state index in [-0.39, 0.29) is 0 Å². The number of aromatic nitrogens is 2. The molecule has 1 aliphatic carbocycles. The molecule has 0 unspecified atom stereocenters. The Labute approximate surface area is 148 Å². The van der Waals surface area contributed by atoms with Gasteiger partial charge in [0.05, 0.1) is 0 Å². The van der Waals surface area contributed by atoms with Crippen molar-refractivity contribution in [3.05, 3.63) is 42.4 Å². The van der Waals surface area contributed by atoms with Gasteiger partial charge in [0, 0.05) is 29.2 Å². The fourth-order valence-electron chi connectivity index (χ4n) is 2.91. The second-order valence-corrected chi connectivity index (χ2v) is 6.59. The number of benzene rings is 1. The van der Waals surface area contributed by atoms with E-state index in [9.17, 15) is 0 Å². The lowest BCUT2D eigenvalue weighted by Crippen LogP contribution is -2.38. The number of nitrogens with zero attached hydrogens (tertiary/aromatic N) is 2. The average Bonchev–Trinajstić information content (AvgIpc) is 2.57. The van der Waals surface area contributed by atoms with Crippen molar-refractivity contribution in [2.24, 2.45) is 0 Å². The average molecular weight is 341 g/mol. The van der Waals surface area contributed by atoms with Gasteiger partial charge in [-0.25, -0.2) is 9.97 Å². The molecule has 0 atom stereocenters. The highest BCUT2D eigenvalue weighted by Gasteiger charge is 2.13. The third-order valence-corrected chi connectivity index (χ3v) is 4.38. The van der Waals surface area contributed by atoms with E-state index in [1.165, 1.54) is 32.1 Å². The largest absolute Gasteiger partial charge is 0.360 e. The van der Waals surface area contributed by atoms with Gasteiger partial charge in [-0.2, -0.15) is 0 Å². The standard InChI is InChI=1S/C18H23N5S/c1-13-11-17(20-12-19-13)21-15-7-9-16(10-8-15)23-18(24)22-14-5-3-2-4-6-14/h7-12,14H,2-6H2,1H3,(H,19,20,21)(H2,22,23,24). The van der Waals surface area contributed by atoms with Crippen LogP contribution in [0.4, 0.5) is 17.2 Å². The van der Waals surface area contributed by atoms with Crippen LogP contribution in [0.25, 0.3) is 0 Å². The summed E-state index contributed by atoms with van der Waals surface area (Å²) in [6.07, 6.45) is 7.92. The predicted molar refractivity (Wildman–Crippen MR) is 103 cm³/mol. The van der Waals surface area contributed by atoms with Crippen molar-refractivity contribution in [1.29, 1.82) is 0 Å². The number of nitrogens with one attached hydrogen (secondary N) is 3. The molecule has 1 aromatic heterocycles. The summed E-state index contributed by atoms with van der Waals surface area (Å²) in [4.78, 5) is 8.30. The molecule has 3 N–H and O–H groups in total. The minimum Gasteiger partial charge on any atom is -0.360 e. The van der Waals surface area contributed by atoms with Crippen LogP contribution >= 0.6 is 12.2 Å². The summed E-state index contributed by atoms with van der Waals surface area (Å²) >= 11 is 5.41. The summed E-state index contributed by atoms with van der Waals surface area (Å²) in [6, 6.07) is 10.4. The van der Waals surface area contributed by atoms with Gasteiger partial charge in [0.15, 0.2) is 5.11 Å². The van der Waals surface area contributed by atoms with Gasteiger partial charge in [-0.15, -0.1) is 0 Å². The van der Waals surface area contributed by atoms with Crippen molar-refractivity contribution >= 4 is 34.5 Å². The molecule has 6 heteroatoms. The highest BCUT2D eigenvalue weighted by atomic mass is 32.1.